The lowest BCUT2D eigenvalue weighted by molar-refractivity contribution is -0.140. The number of para-hydroxylation sites is 1. The molecule has 0 fully saturated rings. The Balaban J connectivity index is 1.92. The number of amides is 1. The molecule has 0 saturated heterocycles. The van der Waals surface area contributed by atoms with Gasteiger partial charge in [0.15, 0.2) is 11.0 Å². The summed E-state index contributed by atoms with van der Waals surface area (Å²) in [5.74, 6) is -1.14. The molecule has 0 bridgehead atoms. The summed E-state index contributed by atoms with van der Waals surface area (Å²) in [6.45, 7) is -0.235. The molecule has 0 radical (unpaired) electrons. The van der Waals surface area contributed by atoms with Crippen LogP contribution >= 0.6 is 23.4 Å². The number of nitrogens with zero attached hydrogens (tertiary/aromatic N) is 3. The first-order valence-corrected chi connectivity index (χ1v) is 9.79. The van der Waals surface area contributed by atoms with Crippen molar-refractivity contribution in [3.8, 4) is 17.1 Å². The molecule has 1 heterocycles. The van der Waals surface area contributed by atoms with Crippen LogP contribution in [0.15, 0.2) is 53.7 Å². The summed E-state index contributed by atoms with van der Waals surface area (Å²) in [4.78, 5) is 23.1. The van der Waals surface area contributed by atoms with Crippen LogP contribution in [0.1, 0.15) is 0 Å². The number of carbonyl (C=O) groups excluding carboxylic acids is 2. The minimum Gasteiger partial charge on any atom is -0.468 e. The highest BCUT2D eigenvalue weighted by atomic mass is 35.5. The normalized spacial score (nSPS) is 10.6. The van der Waals surface area contributed by atoms with Crippen LogP contribution in [0.25, 0.3) is 17.1 Å². The van der Waals surface area contributed by atoms with E-state index in [1.165, 1.54) is 17.7 Å². The number of nitrogens with one attached hydrogen (secondary N) is 1. The van der Waals surface area contributed by atoms with Gasteiger partial charge in [-0.05, 0) is 24.3 Å². The molecule has 3 rings (SSSR count). The van der Waals surface area contributed by atoms with Crippen molar-refractivity contribution in [2.75, 3.05) is 19.4 Å². The van der Waals surface area contributed by atoms with Gasteiger partial charge in [0.25, 0.3) is 0 Å². The van der Waals surface area contributed by atoms with Gasteiger partial charge >= 0.3 is 5.97 Å². The zero-order valence-electron chi connectivity index (χ0n) is 15.3. The Morgan fingerprint density at radius 3 is 2.62 bits per heavy atom. The average molecular weight is 435 g/mol. The lowest BCUT2D eigenvalue weighted by atomic mass is 10.2. The van der Waals surface area contributed by atoms with E-state index in [0.29, 0.717) is 21.6 Å². The highest BCUT2D eigenvalue weighted by Gasteiger charge is 2.20. The van der Waals surface area contributed by atoms with Gasteiger partial charge in [-0.15, -0.1) is 10.2 Å². The smallest absolute Gasteiger partial charge is 0.325 e. The van der Waals surface area contributed by atoms with Gasteiger partial charge in [0.1, 0.15) is 12.4 Å². The van der Waals surface area contributed by atoms with Crippen molar-refractivity contribution < 1.29 is 18.7 Å². The molecule has 0 aliphatic rings. The number of benzene rings is 2. The summed E-state index contributed by atoms with van der Waals surface area (Å²) in [6, 6.07) is 13.2. The fraction of sp³-hybridized carbons (Fsp3) is 0.158. The van der Waals surface area contributed by atoms with E-state index in [4.69, 9.17) is 11.6 Å². The van der Waals surface area contributed by atoms with E-state index in [1.54, 1.807) is 42.5 Å². The van der Waals surface area contributed by atoms with E-state index in [-0.39, 0.29) is 18.0 Å². The maximum atomic E-state index is 14.5. The Hall–Kier alpha value is -2.91. The molecule has 1 aromatic heterocycles. The number of aromatic nitrogens is 3. The predicted octanol–water partition coefficient (Wildman–Crippen LogP) is 3.11. The largest absolute Gasteiger partial charge is 0.468 e. The average Bonchev–Trinajstić information content (AvgIpc) is 3.14. The van der Waals surface area contributed by atoms with Crippen molar-refractivity contribution in [2.24, 2.45) is 0 Å². The van der Waals surface area contributed by atoms with E-state index < -0.39 is 17.7 Å². The van der Waals surface area contributed by atoms with Crippen molar-refractivity contribution in [3.05, 3.63) is 59.4 Å². The molecule has 0 unspecified atom stereocenters. The summed E-state index contributed by atoms with van der Waals surface area (Å²) in [5, 5.41) is 11.5. The first kappa shape index (κ1) is 20.8. The molecule has 10 heteroatoms. The van der Waals surface area contributed by atoms with E-state index in [9.17, 15) is 14.0 Å². The molecule has 2 aromatic carbocycles. The third-order valence-electron chi connectivity index (χ3n) is 3.83. The quantitative estimate of drug-likeness (QED) is 0.454. The second-order valence-corrected chi connectivity index (χ2v) is 7.06. The summed E-state index contributed by atoms with van der Waals surface area (Å²) in [7, 11) is 1.23. The van der Waals surface area contributed by atoms with Gasteiger partial charge in [-0.2, -0.15) is 0 Å². The summed E-state index contributed by atoms with van der Waals surface area (Å²) in [5.41, 5.74) is 0.803. The van der Waals surface area contributed by atoms with Gasteiger partial charge < -0.3 is 10.1 Å². The Labute approximate surface area is 175 Å². The second kappa shape index (κ2) is 9.53. The van der Waals surface area contributed by atoms with E-state index >= 15 is 0 Å². The lowest BCUT2D eigenvalue weighted by Crippen LogP contribution is -2.31. The molecule has 1 amide bonds. The SMILES string of the molecule is COC(=O)CNC(=O)CSc1nnc(-c2ccccc2Cl)n1-c1ccccc1F. The molecule has 0 aliphatic heterocycles. The predicted molar refractivity (Wildman–Crippen MR) is 108 cm³/mol. The van der Waals surface area contributed by atoms with Crippen molar-refractivity contribution in [2.45, 2.75) is 5.16 Å². The third-order valence-corrected chi connectivity index (χ3v) is 5.09. The van der Waals surface area contributed by atoms with Crippen LogP contribution in [-0.2, 0) is 14.3 Å². The first-order chi connectivity index (χ1) is 14.0. The van der Waals surface area contributed by atoms with Gasteiger partial charge in [0.2, 0.25) is 5.91 Å². The number of hydrogen-bond acceptors (Lipinski definition) is 6. The number of esters is 1. The van der Waals surface area contributed by atoms with Crippen molar-refractivity contribution in [1.82, 2.24) is 20.1 Å². The first-order valence-electron chi connectivity index (χ1n) is 8.42. The topological polar surface area (TPSA) is 86.1 Å². The standard InChI is InChI=1S/C19H16ClFN4O3S/c1-28-17(27)10-22-16(26)11-29-19-24-23-18(12-6-2-3-7-13(12)20)25(19)15-9-5-4-8-14(15)21/h2-9H,10-11H2,1H3,(H,22,26). The number of rotatable bonds is 7. The van der Waals surface area contributed by atoms with Crippen LogP contribution in [0.5, 0.6) is 0 Å². The zero-order valence-corrected chi connectivity index (χ0v) is 16.8. The van der Waals surface area contributed by atoms with Crippen LogP contribution in [-0.4, -0.2) is 46.0 Å². The summed E-state index contributed by atoms with van der Waals surface area (Å²) < 4.78 is 20.5. The molecule has 3 aromatic rings. The van der Waals surface area contributed by atoms with Crippen molar-refractivity contribution in [1.29, 1.82) is 0 Å². The second-order valence-electron chi connectivity index (χ2n) is 5.71. The van der Waals surface area contributed by atoms with Gasteiger partial charge in [-0.25, -0.2) is 4.39 Å². The lowest BCUT2D eigenvalue weighted by Gasteiger charge is -2.12. The van der Waals surface area contributed by atoms with Crippen LogP contribution in [0.3, 0.4) is 0 Å². The van der Waals surface area contributed by atoms with Gasteiger partial charge in [-0.3, -0.25) is 14.2 Å². The minimum atomic E-state index is -0.557. The van der Waals surface area contributed by atoms with Gasteiger partial charge in [-0.1, -0.05) is 47.6 Å². The van der Waals surface area contributed by atoms with E-state index in [2.05, 4.69) is 20.3 Å². The maximum Gasteiger partial charge on any atom is 0.325 e. The molecule has 0 aliphatic carbocycles. The third kappa shape index (κ3) is 4.93. The van der Waals surface area contributed by atoms with E-state index in [1.807, 2.05) is 0 Å². The molecule has 150 valence electrons. The highest BCUT2D eigenvalue weighted by Crippen LogP contribution is 2.32. The van der Waals surface area contributed by atoms with Crippen LogP contribution < -0.4 is 5.32 Å². The Morgan fingerprint density at radius 2 is 1.90 bits per heavy atom. The van der Waals surface area contributed by atoms with Crippen LogP contribution in [0.2, 0.25) is 5.02 Å². The fourth-order valence-electron chi connectivity index (χ4n) is 2.45. The molecule has 0 saturated carbocycles. The summed E-state index contributed by atoms with van der Waals surface area (Å²) >= 11 is 7.34. The Morgan fingerprint density at radius 1 is 1.17 bits per heavy atom. The van der Waals surface area contributed by atoms with Gasteiger partial charge in [0.05, 0.1) is 23.6 Å². The maximum absolute atomic E-state index is 14.5. The van der Waals surface area contributed by atoms with Crippen molar-refractivity contribution >= 4 is 35.2 Å². The molecule has 0 atom stereocenters. The monoisotopic (exact) mass is 434 g/mol. The Kier molecular flexibility index (Phi) is 6.84. The van der Waals surface area contributed by atoms with Gasteiger partial charge in [0, 0.05) is 5.56 Å². The zero-order chi connectivity index (χ0) is 20.8. The number of thioether (sulfide) groups is 1. The molecule has 0 spiro atoms. The minimum absolute atomic E-state index is 0.0495. The van der Waals surface area contributed by atoms with Crippen molar-refractivity contribution in [3.63, 3.8) is 0 Å². The summed E-state index contributed by atoms with van der Waals surface area (Å²) in [6.07, 6.45) is 0. The van der Waals surface area contributed by atoms with Crippen LogP contribution in [0, 0.1) is 5.82 Å². The number of hydrogen-bond donors (Lipinski definition) is 1. The number of halogens is 2. The van der Waals surface area contributed by atoms with Crippen LogP contribution in [0.4, 0.5) is 4.39 Å². The fourth-order valence-corrected chi connectivity index (χ4v) is 3.45. The number of ether oxygens (including phenoxy) is 1. The molecular formula is C19H16ClFN4O3S. The molecular weight excluding hydrogens is 419 g/mol. The highest BCUT2D eigenvalue weighted by molar-refractivity contribution is 7.99. The Bertz CT molecular complexity index is 1040. The number of methoxy groups -OCH3 is 1. The van der Waals surface area contributed by atoms with E-state index in [0.717, 1.165) is 11.8 Å². The molecule has 7 nitrogen and oxygen atoms in total. The molecule has 1 N–H and O–H groups in total. The number of carbonyl (C=O) groups is 2. The molecule has 29 heavy (non-hydrogen) atoms.